The number of aliphatic hydroxyl groups is 1. The molecule has 26 heavy (non-hydrogen) atoms. The number of nitrogens with one attached hydrogen (secondary N) is 1. The quantitative estimate of drug-likeness (QED) is 0.505. The average Bonchev–Trinajstić information content (AvgIpc) is 3.02. The molecule has 0 unspecified atom stereocenters. The molecule has 1 aromatic carbocycles. The Morgan fingerprint density at radius 1 is 1.12 bits per heavy atom. The first-order valence-corrected chi connectivity index (χ1v) is 8.10. The Kier molecular flexibility index (Phi) is 4.16. The maximum Gasteiger partial charge on any atom is 0.166 e. The van der Waals surface area contributed by atoms with Gasteiger partial charge in [0.2, 0.25) is 0 Å². The molecule has 3 heterocycles. The van der Waals surface area contributed by atoms with E-state index in [1.54, 1.807) is 29.0 Å². The topological polar surface area (TPSA) is 114 Å². The fourth-order valence-electron chi connectivity index (χ4n) is 2.82. The smallest absolute Gasteiger partial charge is 0.166 e. The van der Waals surface area contributed by atoms with Gasteiger partial charge in [0.1, 0.15) is 12.1 Å². The summed E-state index contributed by atoms with van der Waals surface area (Å²) >= 11 is 0. The number of rotatable bonds is 5. The lowest BCUT2D eigenvalue weighted by atomic mass is 10.1. The number of anilines is 2. The van der Waals surface area contributed by atoms with E-state index in [0.717, 1.165) is 5.56 Å². The van der Waals surface area contributed by atoms with Gasteiger partial charge >= 0.3 is 0 Å². The van der Waals surface area contributed by atoms with E-state index in [2.05, 4.69) is 25.4 Å². The summed E-state index contributed by atoms with van der Waals surface area (Å²) < 4.78 is 1.61. The van der Waals surface area contributed by atoms with E-state index in [4.69, 9.17) is 5.73 Å². The van der Waals surface area contributed by atoms with Crippen LogP contribution in [0.25, 0.3) is 16.9 Å². The lowest BCUT2D eigenvalue weighted by Crippen LogP contribution is -2.15. The van der Waals surface area contributed by atoms with E-state index in [-0.39, 0.29) is 12.6 Å². The second kappa shape index (κ2) is 6.77. The minimum Gasteiger partial charge on any atom is -0.394 e. The normalized spacial score (nSPS) is 12.2. The highest BCUT2D eigenvalue weighted by molar-refractivity contribution is 5.84. The van der Waals surface area contributed by atoms with Gasteiger partial charge < -0.3 is 16.2 Å². The van der Waals surface area contributed by atoms with Crippen molar-refractivity contribution in [2.24, 2.45) is 0 Å². The first-order valence-electron chi connectivity index (χ1n) is 8.10. The molecule has 0 amide bonds. The highest BCUT2D eigenvalue weighted by atomic mass is 16.3. The Balaban J connectivity index is 1.69. The minimum atomic E-state index is -0.279. The highest BCUT2D eigenvalue weighted by Gasteiger charge is 2.16. The van der Waals surface area contributed by atoms with Crippen LogP contribution in [0.4, 0.5) is 11.6 Å². The van der Waals surface area contributed by atoms with E-state index in [1.807, 2.05) is 30.3 Å². The number of hydrogen-bond donors (Lipinski definition) is 3. The molecule has 8 heteroatoms. The summed E-state index contributed by atoms with van der Waals surface area (Å²) in [6.07, 6.45) is 4.90. The van der Waals surface area contributed by atoms with Crippen LogP contribution < -0.4 is 11.1 Å². The molecule has 3 aromatic heterocycles. The second-order valence-corrected chi connectivity index (χ2v) is 5.73. The van der Waals surface area contributed by atoms with Crippen LogP contribution in [0.2, 0.25) is 0 Å². The fraction of sp³-hybridized carbons (Fsp3) is 0.111. The zero-order valence-corrected chi connectivity index (χ0v) is 13.8. The number of aliphatic hydroxyl groups excluding tert-OH is 1. The van der Waals surface area contributed by atoms with Crippen molar-refractivity contribution < 1.29 is 5.11 Å². The predicted octanol–water partition coefficient (Wildman–Crippen LogP) is 1.91. The van der Waals surface area contributed by atoms with Crippen LogP contribution in [0.15, 0.2) is 61.2 Å². The van der Waals surface area contributed by atoms with E-state index < -0.39 is 0 Å². The van der Waals surface area contributed by atoms with Gasteiger partial charge in [0.15, 0.2) is 11.5 Å². The van der Waals surface area contributed by atoms with Crippen molar-refractivity contribution in [3.63, 3.8) is 0 Å². The van der Waals surface area contributed by atoms with Crippen LogP contribution in [0.1, 0.15) is 11.6 Å². The maximum atomic E-state index is 9.73. The molecule has 130 valence electrons. The van der Waals surface area contributed by atoms with Gasteiger partial charge in [-0.05, 0) is 11.6 Å². The minimum absolute atomic E-state index is 0.0657. The van der Waals surface area contributed by atoms with E-state index in [9.17, 15) is 5.11 Å². The maximum absolute atomic E-state index is 9.73. The number of nitrogens with two attached hydrogens (primary N) is 1. The van der Waals surface area contributed by atoms with Crippen LogP contribution in [-0.4, -0.2) is 36.3 Å². The number of nitrogens with zero attached hydrogens (tertiary/aromatic N) is 5. The average molecular weight is 347 g/mol. The zero-order chi connectivity index (χ0) is 17.9. The molecular formula is C18H17N7O. The lowest BCUT2D eigenvalue weighted by Gasteiger charge is -2.17. The molecule has 4 N–H and O–H groups in total. The molecule has 1 atom stereocenters. The molecule has 0 spiro atoms. The van der Waals surface area contributed by atoms with Crippen LogP contribution in [-0.2, 0) is 0 Å². The van der Waals surface area contributed by atoms with Gasteiger partial charge in [0.25, 0.3) is 0 Å². The molecule has 0 bridgehead atoms. The van der Waals surface area contributed by atoms with Crippen molar-refractivity contribution in [1.82, 2.24) is 24.6 Å². The zero-order valence-electron chi connectivity index (χ0n) is 13.8. The summed E-state index contributed by atoms with van der Waals surface area (Å²) in [6.45, 7) is -0.0657. The van der Waals surface area contributed by atoms with Crippen molar-refractivity contribution in [3.8, 4) is 11.3 Å². The first-order chi connectivity index (χ1) is 12.8. The van der Waals surface area contributed by atoms with Gasteiger partial charge in [0.05, 0.1) is 23.9 Å². The van der Waals surface area contributed by atoms with E-state index in [1.165, 1.54) is 6.33 Å². The number of nitrogen functional groups attached to an aromatic ring is 1. The Labute approximate surface area is 149 Å². The van der Waals surface area contributed by atoms with Crippen LogP contribution in [0.5, 0.6) is 0 Å². The fourth-order valence-corrected chi connectivity index (χ4v) is 2.82. The Morgan fingerprint density at radius 3 is 2.77 bits per heavy atom. The third-order valence-electron chi connectivity index (χ3n) is 4.05. The van der Waals surface area contributed by atoms with Gasteiger partial charge in [-0.1, -0.05) is 30.3 Å². The summed E-state index contributed by atoms with van der Waals surface area (Å²) in [5, 5.41) is 17.2. The standard InChI is InChI=1S/C18H17N7O/c19-17-16(18-20-7-4-8-25(18)24-17)13-9-15(22-11-21-13)23-14(10-26)12-5-2-1-3-6-12/h1-9,11,14,26H,10H2,(H2,19,24)(H,21,22,23)/t14-/m0/s1. The second-order valence-electron chi connectivity index (χ2n) is 5.73. The third kappa shape index (κ3) is 2.93. The van der Waals surface area contributed by atoms with Crippen molar-refractivity contribution in [1.29, 1.82) is 0 Å². The number of aromatic nitrogens is 5. The summed E-state index contributed by atoms with van der Waals surface area (Å²) in [6, 6.07) is 13.0. The van der Waals surface area contributed by atoms with Gasteiger partial charge in [-0.3, -0.25) is 0 Å². The summed E-state index contributed by atoms with van der Waals surface area (Å²) in [5.41, 5.74) is 8.91. The summed E-state index contributed by atoms with van der Waals surface area (Å²) in [5.74, 6) is 0.919. The SMILES string of the molecule is Nc1nn2cccnc2c1-c1cc(N[C@@H](CO)c2ccccc2)ncn1. The largest absolute Gasteiger partial charge is 0.394 e. The van der Waals surface area contributed by atoms with Crippen molar-refractivity contribution in [2.45, 2.75) is 6.04 Å². The molecule has 8 nitrogen and oxygen atoms in total. The number of hydrogen-bond acceptors (Lipinski definition) is 7. The molecule has 0 aliphatic rings. The molecule has 0 fully saturated rings. The third-order valence-corrected chi connectivity index (χ3v) is 4.05. The Hall–Kier alpha value is -3.52. The predicted molar refractivity (Wildman–Crippen MR) is 98.3 cm³/mol. The lowest BCUT2D eigenvalue weighted by molar-refractivity contribution is 0.276. The number of fused-ring (bicyclic) bond motifs is 1. The Morgan fingerprint density at radius 2 is 1.96 bits per heavy atom. The summed E-state index contributed by atoms with van der Waals surface area (Å²) in [7, 11) is 0. The van der Waals surface area contributed by atoms with Crippen LogP contribution in [0, 0.1) is 0 Å². The molecule has 4 rings (SSSR count). The molecule has 4 aromatic rings. The highest BCUT2D eigenvalue weighted by Crippen LogP contribution is 2.29. The number of benzene rings is 1. The van der Waals surface area contributed by atoms with Gasteiger partial charge in [-0.25, -0.2) is 19.5 Å². The molecule has 0 radical (unpaired) electrons. The molecule has 0 saturated heterocycles. The van der Waals surface area contributed by atoms with Crippen LogP contribution in [0.3, 0.4) is 0 Å². The molecule has 0 aliphatic heterocycles. The molecule has 0 aliphatic carbocycles. The van der Waals surface area contributed by atoms with E-state index in [0.29, 0.717) is 28.5 Å². The molecule has 0 saturated carbocycles. The van der Waals surface area contributed by atoms with Crippen LogP contribution >= 0.6 is 0 Å². The monoisotopic (exact) mass is 347 g/mol. The van der Waals surface area contributed by atoms with Gasteiger partial charge in [0, 0.05) is 18.5 Å². The van der Waals surface area contributed by atoms with Crippen molar-refractivity contribution in [2.75, 3.05) is 17.7 Å². The Bertz CT molecular complexity index is 1030. The molecular weight excluding hydrogens is 330 g/mol. The summed E-state index contributed by atoms with van der Waals surface area (Å²) in [4.78, 5) is 12.9. The van der Waals surface area contributed by atoms with Gasteiger partial charge in [-0.15, -0.1) is 5.10 Å². The first kappa shape index (κ1) is 16.0. The van der Waals surface area contributed by atoms with E-state index >= 15 is 0 Å². The van der Waals surface area contributed by atoms with Gasteiger partial charge in [-0.2, -0.15) is 0 Å². The van der Waals surface area contributed by atoms with Crippen molar-refractivity contribution >= 4 is 17.3 Å². The van der Waals surface area contributed by atoms with Crippen molar-refractivity contribution in [3.05, 3.63) is 66.7 Å².